The lowest BCUT2D eigenvalue weighted by Gasteiger charge is -2.26. The van der Waals surface area contributed by atoms with Crippen molar-refractivity contribution >= 4 is 27.5 Å². The van der Waals surface area contributed by atoms with E-state index in [0.29, 0.717) is 11.9 Å². The monoisotopic (exact) mass is 345 g/mol. The zero-order valence-corrected chi connectivity index (χ0v) is 15.3. The van der Waals surface area contributed by atoms with Gasteiger partial charge in [-0.3, -0.25) is 14.2 Å². The normalized spacial score (nSPS) is 14.7. The van der Waals surface area contributed by atoms with Crippen LogP contribution in [0.25, 0.3) is 10.2 Å². The molecule has 2 heterocycles. The molecule has 0 unspecified atom stereocenters. The lowest BCUT2D eigenvalue weighted by Crippen LogP contribution is -2.36. The van der Waals surface area contributed by atoms with Gasteiger partial charge in [0.15, 0.2) is 0 Å². The SMILES string of the molecule is CCN(C(=O)Cn1cnc2sc(C)c(C)c2c1=O)C1=CCCCC1. The molecule has 5 nitrogen and oxygen atoms in total. The van der Waals surface area contributed by atoms with Crippen LogP contribution in [0, 0.1) is 13.8 Å². The number of hydrogen-bond acceptors (Lipinski definition) is 4. The van der Waals surface area contributed by atoms with Gasteiger partial charge in [-0.15, -0.1) is 11.3 Å². The quantitative estimate of drug-likeness (QED) is 0.853. The first-order valence-corrected chi connectivity index (χ1v) is 9.29. The highest BCUT2D eigenvalue weighted by Crippen LogP contribution is 2.25. The molecule has 0 spiro atoms. The van der Waals surface area contributed by atoms with Crippen molar-refractivity contribution in [3.63, 3.8) is 0 Å². The number of nitrogens with zero attached hydrogens (tertiary/aromatic N) is 3. The molecule has 6 heteroatoms. The molecular formula is C18H23N3O2S. The smallest absolute Gasteiger partial charge is 0.262 e. The summed E-state index contributed by atoms with van der Waals surface area (Å²) in [6, 6.07) is 0. The first kappa shape index (κ1) is 16.9. The van der Waals surface area contributed by atoms with Crippen LogP contribution in [0.15, 0.2) is 22.9 Å². The molecule has 0 N–H and O–H groups in total. The van der Waals surface area contributed by atoms with E-state index >= 15 is 0 Å². The highest BCUT2D eigenvalue weighted by Gasteiger charge is 2.20. The number of thiophene rings is 1. The molecule has 0 saturated heterocycles. The van der Waals surface area contributed by atoms with E-state index in [1.807, 2.05) is 25.7 Å². The van der Waals surface area contributed by atoms with Crippen molar-refractivity contribution in [1.82, 2.24) is 14.5 Å². The molecule has 1 amide bonds. The van der Waals surface area contributed by atoms with Crippen LogP contribution in [-0.4, -0.2) is 26.9 Å². The molecule has 0 fully saturated rings. The predicted molar refractivity (Wildman–Crippen MR) is 97.3 cm³/mol. The molecule has 0 radical (unpaired) electrons. The maximum atomic E-state index is 12.7. The minimum atomic E-state index is -0.121. The van der Waals surface area contributed by atoms with Gasteiger partial charge < -0.3 is 4.90 Å². The van der Waals surface area contributed by atoms with Crippen LogP contribution in [0.5, 0.6) is 0 Å². The Morgan fingerprint density at radius 2 is 2.17 bits per heavy atom. The van der Waals surface area contributed by atoms with Crippen LogP contribution in [-0.2, 0) is 11.3 Å². The van der Waals surface area contributed by atoms with Gasteiger partial charge in [-0.1, -0.05) is 6.08 Å². The second-order valence-electron chi connectivity index (χ2n) is 6.22. The first-order chi connectivity index (χ1) is 11.5. The summed E-state index contributed by atoms with van der Waals surface area (Å²) in [6.45, 7) is 6.58. The van der Waals surface area contributed by atoms with E-state index in [-0.39, 0.29) is 18.0 Å². The molecule has 0 aliphatic heterocycles. The third kappa shape index (κ3) is 3.02. The van der Waals surface area contributed by atoms with Gasteiger partial charge in [0.05, 0.1) is 11.7 Å². The van der Waals surface area contributed by atoms with Gasteiger partial charge >= 0.3 is 0 Å². The lowest BCUT2D eigenvalue weighted by atomic mass is 10.0. The summed E-state index contributed by atoms with van der Waals surface area (Å²) in [6.07, 6.45) is 7.93. The topological polar surface area (TPSA) is 55.2 Å². The first-order valence-electron chi connectivity index (χ1n) is 8.47. The van der Waals surface area contributed by atoms with Crippen LogP contribution in [0.4, 0.5) is 0 Å². The van der Waals surface area contributed by atoms with E-state index in [4.69, 9.17) is 0 Å². The van der Waals surface area contributed by atoms with Gasteiger partial charge in [0.25, 0.3) is 5.56 Å². The number of carbonyl (C=O) groups is 1. The molecule has 0 bridgehead atoms. The van der Waals surface area contributed by atoms with Gasteiger partial charge in [-0.2, -0.15) is 0 Å². The number of likely N-dealkylation sites (N-methyl/N-ethyl adjacent to an activating group) is 1. The van der Waals surface area contributed by atoms with E-state index in [1.54, 1.807) is 0 Å². The van der Waals surface area contributed by atoms with Crippen molar-refractivity contribution in [1.29, 1.82) is 0 Å². The van der Waals surface area contributed by atoms with Crippen LogP contribution in [0.3, 0.4) is 0 Å². The maximum absolute atomic E-state index is 12.7. The summed E-state index contributed by atoms with van der Waals surface area (Å²) in [7, 11) is 0. The average Bonchev–Trinajstić information content (AvgIpc) is 2.87. The fraction of sp³-hybridized carbons (Fsp3) is 0.500. The van der Waals surface area contributed by atoms with Crippen LogP contribution >= 0.6 is 11.3 Å². The van der Waals surface area contributed by atoms with Gasteiger partial charge in [-0.05, 0) is 52.0 Å². The fourth-order valence-electron chi connectivity index (χ4n) is 3.22. The molecule has 2 aromatic rings. The summed E-state index contributed by atoms with van der Waals surface area (Å²) in [4.78, 5) is 33.5. The number of rotatable bonds is 4. The molecule has 0 atom stereocenters. The van der Waals surface area contributed by atoms with Crippen molar-refractivity contribution < 1.29 is 4.79 Å². The lowest BCUT2D eigenvalue weighted by molar-refractivity contribution is -0.130. The third-order valence-electron chi connectivity index (χ3n) is 4.69. The second-order valence-corrected chi connectivity index (χ2v) is 7.42. The Labute approximate surface area is 145 Å². The number of fused-ring (bicyclic) bond motifs is 1. The highest BCUT2D eigenvalue weighted by molar-refractivity contribution is 7.18. The third-order valence-corrected chi connectivity index (χ3v) is 5.81. The Balaban J connectivity index is 1.90. The van der Waals surface area contributed by atoms with E-state index in [1.165, 1.54) is 28.7 Å². The van der Waals surface area contributed by atoms with Gasteiger partial charge in [-0.25, -0.2) is 4.98 Å². The Hall–Kier alpha value is -1.95. The largest absolute Gasteiger partial charge is 0.315 e. The average molecular weight is 345 g/mol. The molecule has 128 valence electrons. The minimum absolute atomic E-state index is 0.0429. The van der Waals surface area contributed by atoms with Crippen molar-refractivity contribution in [3.8, 4) is 0 Å². The standard InChI is InChI=1S/C18H23N3O2S/c1-4-21(14-8-6-5-7-9-14)15(22)10-20-11-19-17-16(18(20)23)12(2)13(3)24-17/h8,11H,4-7,9-10H2,1-3H3. The predicted octanol–water partition coefficient (Wildman–Crippen LogP) is 3.38. The van der Waals surface area contributed by atoms with Crippen LogP contribution in [0.1, 0.15) is 43.0 Å². The maximum Gasteiger partial charge on any atom is 0.262 e. The molecule has 3 rings (SSSR count). The van der Waals surface area contributed by atoms with E-state index in [9.17, 15) is 9.59 Å². The molecule has 0 saturated carbocycles. The summed E-state index contributed by atoms with van der Waals surface area (Å²) in [5.41, 5.74) is 1.94. The number of allylic oxidation sites excluding steroid dienone is 2. The zero-order chi connectivity index (χ0) is 17.3. The summed E-state index contributed by atoms with van der Waals surface area (Å²) in [5, 5.41) is 0.646. The van der Waals surface area contributed by atoms with Crippen molar-refractivity contribution in [2.75, 3.05) is 6.54 Å². The summed E-state index contributed by atoms with van der Waals surface area (Å²) in [5.74, 6) is -0.0431. The van der Waals surface area contributed by atoms with Crippen molar-refractivity contribution in [2.45, 2.75) is 53.0 Å². The fourth-order valence-corrected chi connectivity index (χ4v) is 4.21. The molecule has 24 heavy (non-hydrogen) atoms. The zero-order valence-electron chi connectivity index (χ0n) is 14.5. The van der Waals surface area contributed by atoms with Gasteiger partial charge in [0.1, 0.15) is 11.4 Å². The summed E-state index contributed by atoms with van der Waals surface area (Å²) >= 11 is 1.53. The van der Waals surface area contributed by atoms with E-state index in [2.05, 4.69) is 11.1 Å². The molecule has 2 aromatic heterocycles. The van der Waals surface area contributed by atoms with E-state index in [0.717, 1.165) is 40.2 Å². The van der Waals surface area contributed by atoms with Crippen LogP contribution in [0.2, 0.25) is 0 Å². The van der Waals surface area contributed by atoms with E-state index < -0.39 is 0 Å². The highest BCUT2D eigenvalue weighted by atomic mass is 32.1. The van der Waals surface area contributed by atoms with Crippen molar-refractivity contribution in [3.05, 3.63) is 38.9 Å². The van der Waals surface area contributed by atoms with Crippen LogP contribution < -0.4 is 5.56 Å². The molecule has 1 aliphatic carbocycles. The Kier molecular flexibility index (Phi) is 4.85. The van der Waals surface area contributed by atoms with Gasteiger partial charge in [0.2, 0.25) is 5.91 Å². The number of aryl methyl sites for hydroxylation is 2. The minimum Gasteiger partial charge on any atom is -0.315 e. The Bertz CT molecular complexity index is 863. The number of aromatic nitrogens is 2. The number of hydrogen-bond donors (Lipinski definition) is 0. The second kappa shape index (κ2) is 6.89. The summed E-state index contributed by atoms with van der Waals surface area (Å²) < 4.78 is 1.44. The number of carbonyl (C=O) groups excluding carboxylic acids is 1. The number of amides is 1. The molecule has 0 aromatic carbocycles. The Morgan fingerprint density at radius 3 is 2.83 bits per heavy atom. The van der Waals surface area contributed by atoms with Crippen molar-refractivity contribution in [2.24, 2.45) is 0 Å². The van der Waals surface area contributed by atoms with Gasteiger partial charge in [0, 0.05) is 17.1 Å². The molecular weight excluding hydrogens is 322 g/mol. The molecule has 1 aliphatic rings. The Morgan fingerprint density at radius 1 is 1.38 bits per heavy atom.